The van der Waals surface area contributed by atoms with Gasteiger partial charge in [-0.2, -0.15) is 16.7 Å². The molecule has 0 bridgehead atoms. The van der Waals surface area contributed by atoms with Crippen LogP contribution in [0, 0.1) is 0 Å². The predicted octanol–water partition coefficient (Wildman–Crippen LogP) is 2.41. The van der Waals surface area contributed by atoms with Gasteiger partial charge >= 0.3 is 0 Å². The van der Waals surface area contributed by atoms with E-state index in [4.69, 9.17) is 4.52 Å². The van der Waals surface area contributed by atoms with E-state index in [0.29, 0.717) is 11.7 Å². The van der Waals surface area contributed by atoms with Gasteiger partial charge in [0.2, 0.25) is 5.89 Å². The molecule has 0 fully saturated rings. The smallest absolute Gasteiger partial charge is 0.236 e. The Kier molecular flexibility index (Phi) is 4.81. The Labute approximate surface area is 93.8 Å². The topological polar surface area (TPSA) is 56.0 Å². The highest BCUT2D eigenvalue weighted by Crippen LogP contribution is 2.16. The first-order valence-electron chi connectivity index (χ1n) is 5.05. The van der Waals surface area contributed by atoms with Crippen molar-refractivity contribution in [2.24, 2.45) is 0 Å². The molecule has 1 heterocycles. The van der Waals surface area contributed by atoms with Crippen molar-refractivity contribution in [2.45, 2.75) is 38.9 Å². The summed E-state index contributed by atoms with van der Waals surface area (Å²) in [6.45, 7) is 5.44. The van der Waals surface area contributed by atoms with Crippen molar-refractivity contribution in [1.29, 1.82) is 0 Å². The fraction of sp³-hybridized carbons (Fsp3) is 0.700. The molecule has 15 heavy (non-hydrogen) atoms. The van der Waals surface area contributed by atoms with E-state index in [1.54, 1.807) is 18.7 Å². The van der Waals surface area contributed by atoms with E-state index < -0.39 is 0 Å². The summed E-state index contributed by atoms with van der Waals surface area (Å²) < 4.78 is 5.02. The minimum Gasteiger partial charge on any atom is -0.339 e. The zero-order valence-electron chi connectivity index (χ0n) is 9.32. The number of carbonyl (C=O) groups is 1. The molecule has 1 atom stereocenters. The summed E-state index contributed by atoms with van der Waals surface area (Å²) in [5.74, 6) is 2.70. The van der Waals surface area contributed by atoms with Crippen LogP contribution in [0.3, 0.4) is 0 Å². The van der Waals surface area contributed by atoms with Gasteiger partial charge in [0, 0.05) is 0 Å². The van der Waals surface area contributed by atoms with E-state index in [2.05, 4.69) is 17.1 Å². The molecule has 0 N–H and O–H groups in total. The maximum Gasteiger partial charge on any atom is 0.236 e. The Balaban J connectivity index is 2.52. The highest BCUT2D eigenvalue weighted by molar-refractivity contribution is 7.98. The minimum atomic E-state index is -0.289. The van der Waals surface area contributed by atoms with E-state index in [1.165, 1.54) is 6.92 Å². The van der Waals surface area contributed by atoms with Gasteiger partial charge in [0.1, 0.15) is 5.78 Å². The molecule has 5 heteroatoms. The monoisotopic (exact) mass is 228 g/mol. The van der Waals surface area contributed by atoms with Crippen molar-refractivity contribution >= 4 is 17.5 Å². The first-order chi connectivity index (χ1) is 7.15. The first kappa shape index (κ1) is 12.2. The second-order valence-corrected chi connectivity index (χ2v) is 4.54. The van der Waals surface area contributed by atoms with Crippen LogP contribution in [0.25, 0.3) is 0 Å². The molecule has 1 rings (SSSR count). The van der Waals surface area contributed by atoms with Gasteiger partial charge in [0.25, 0.3) is 0 Å². The van der Waals surface area contributed by atoms with Crippen LogP contribution in [-0.4, -0.2) is 21.7 Å². The van der Waals surface area contributed by atoms with Crippen LogP contribution in [0.2, 0.25) is 0 Å². The van der Waals surface area contributed by atoms with E-state index in [0.717, 1.165) is 17.9 Å². The predicted molar refractivity (Wildman–Crippen MR) is 59.8 cm³/mol. The van der Waals surface area contributed by atoms with Crippen LogP contribution in [0.1, 0.15) is 44.8 Å². The van der Waals surface area contributed by atoms with Crippen molar-refractivity contribution in [3.63, 3.8) is 0 Å². The quantitative estimate of drug-likeness (QED) is 0.700. The maximum absolute atomic E-state index is 11.1. The average molecular weight is 228 g/mol. The van der Waals surface area contributed by atoms with Gasteiger partial charge in [-0.3, -0.25) is 4.79 Å². The molecule has 4 nitrogen and oxygen atoms in total. The molecule has 1 unspecified atom stereocenters. The normalized spacial score (nSPS) is 12.7. The van der Waals surface area contributed by atoms with Crippen LogP contribution >= 0.6 is 11.8 Å². The third kappa shape index (κ3) is 3.66. The Morgan fingerprint density at radius 2 is 2.33 bits per heavy atom. The van der Waals surface area contributed by atoms with Crippen LogP contribution in [0.5, 0.6) is 0 Å². The Bertz CT molecular complexity index is 325. The molecule has 84 valence electrons. The SMILES string of the molecule is CCCSCc1noc(C(C)C(C)=O)n1. The van der Waals surface area contributed by atoms with E-state index in [1.807, 2.05) is 0 Å². The average Bonchev–Trinajstić information content (AvgIpc) is 2.65. The second kappa shape index (κ2) is 5.90. The molecule has 0 saturated heterocycles. The van der Waals surface area contributed by atoms with Gasteiger partial charge in [0.15, 0.2) is 5.82 Å². The summed E-state index contributed by atoms with van der Waals surface area (Å²) >= 11 is 1.77. The number of carbonyl (C=O) groups excluding carboxylic acids is 1. The highest BCUT2D eigenvalue weighted by atomic mass is 32.2. The Morgan fingerprint density at radius 1 is 1.60 bits per heavy atom. The fourth-order valence-corrected chi connectivity index (χ4v) is 1.72. The molecule has 0 amide bonds. The molecule has 0 aromatic carbocycles. The van der Waals surface area contributed by atoms with Crippen molar-refractivity contribution in [1.82, 2.24) is 10.1 Å². The standard InChI is InChI=1S/C10H16N2O2S/c1-4-5-15-6-9-11-10(14-12-9)7(2)8(3)13/h7H,4-6H2,1-3H3. The third-order valence-electron chi connectivity index (χ3n) is 2.04. The van der Waals surface area contributed by atoms with Crippen molar-refractivity contribution < 1.29 is 9.32 Å². The number of Topliss-reactive ketones (excluding diaryl/α,β-unsaturated/α-hetero) is 1. The lowest BCUT2D eigenvalue weighted by Crippen LogP contribution is -2.04. The molecule has 0 saturated carbocycles. The number of aromatic nitrogens is 2. The lowest BCUT2D eigenvalue weighted by molar-refractivity contribution is -0.118. The summed E-state index contributed by atoms with van der Waals surface area (Å²) in [6.07, 6.45) is 1.14. The number of hydrogen-bond acceptors (Lipinski definition) is 5. The molecule has 0 spiro atoms. The highest BCUT2D eigenvalue weighted by Gasteiger charge is 2.17. The number of thioether (sulfide) groups is 1. The third-order valence-corrected chi connectivity index (χ3v) is 3.20. The van der Waals surface area contributed by atoms with E-state index in [-0.39, 0.29) is 11.7 Å². The summed E-state index contributed by atoms with van der Waals surface area (Å²) in [5, 5.41) is 3.83. The minimum absolute atomic E-state index is 0.0476. The van der Waals surface area contributed by atoms with Gasteiger partial charge in [-0.1, -0.05) is 12.1 Å². The zero-order valence-corrected chi connectivity index (χ0v) is 10.1. The fourth-order valence-electron chi connectivity index (χ4n) is 0.984. The van der Waals surface area contributed by atoms with Crippen LogP contribution in [0.15, 0.2) is 4.52 Å². The van der Waals surface area contributed by atoms with Crippen LogP contribution in [-0.2, 0) is 10.5 Å². The molecule has 0 aliphatic heterocycles. The van der Waals surface area contributed by atoms with Crippen LogP contribution in [0.4, 0.5) is 0 Å². The lowest BCUT2D eigenvalue weighted by atomic mass is 10.1. The van der Waals surface area contributed by atoms with Gasteiger partial charge in [-0.05, 0) is 26.0 Å². The molecule has 0 aliphatic carbocycles. The molecular weight excluding hydrogens is 212 g/mol. The lowest BCUT2D eigenvalue weighted by Gasteiger charge is -1.98. The van der Waals surface area contributed by atoms with Crippen LogP contribution < -0.4 is 0 Å². The summed E-state index contributed by atoms with van der Waals surface area (Å²) in [4.78, 5) is 15.3. The van der Waals surface area contributed by atoms with Gasteiger partial charge in [0.05, 0.1) is 11.7 Å². The van der Waals surface area contributed by atoms with Crippen molar-refractivity contribution in [3.8, 4) is 0 Å². The van der Waals surface area contributed by atoms with Gasteiger partial charge < -0.3 is 4.52 Å². The number of rotatable bonds is 6. The summed E-state index contributed by atoms with van der Waals surface area (Å²) in [5.41, 5.74) is 0. The largest absolute Gasteiger partial charge is 0.339 e. The molecule has 1 aromatic heterocycles. The number of ketones is 1. The Morgan fingerprint density at radius 3 is 2.93 bits per heavy atom. The summed E-state index contributed by atoms with van der Waals surface area (Å²) in [6, 6.07) is 0. The zero-order chi connectivity index (χ0) is 11.3. The van der Waals surface area contributed by atoms with Gasteiger partial charge in [-0.25, -0.2) is 0 Å². The molecule has 0 radical (unpaired) electrons. The Hall–Kier alpha value is -0.840. The number of hydrogen-bond donors (Lipinski definition) is 0. The van der Waals surface area contributed by atoms with Crippen molar-refractivity contribution in [3.05, 3.63) is 11.7 Å². The van der Waals surface area contributed by atoms with Gasteiger partial charge in [-0.15, -0.1) is 0 Å². The van der Waals surface area contributed by atoms with E-state index >= 15 is 0 Å². The first-order valence-corrected chi connectivity index (χ1v) is 6.21. The van der Waals surface area contributed by atoms with E-state index in [9.17, 15) is 4.79 Å². The number of nitrogens with zero attached hydrogens (tertiary/aromatic N) is 2. The molecule has 1 aromatic rings. The summed E-state index contributed by atoms with van der Waals surface area (Å²) in [7, 11) is 0. The second-order valence-electron chi connectivity index (χ2n) is 3.43. The molecule has 0 aliphatic rings. The molecular formula is C10H16N2O2S. The maximum atomic E-state index is 11.1. The van der Waals surface area contributed by atoms with Crippen molar-refractivity contribution in [2.75, 3.05) is 5.75 Å².